The molecule has 1 N–H and O–H groups in total. The number of fused-ring (bicyclic) bond motifs is 1. The lowest BCUT2D eigenvalue weighted by Gasteiger charge is -2.35. The number of piperazine rings is 1. The van der Waals surface area contributed by atoms with Crippen LogP contribution in [0.5, 0.6) is 0 Å². The average molecular weight is 381 g/mol. The number of anilines is 1. The van der Waals surface area contributed by atoms with Gasteiger partial charge in [-0.25, -0.2) is 13.4 Å². The fourth-order valence-electron chi connectivity index (χ4n) is 3.43. The molecule has 1 aromatic heterocycles. The molecule has 4 rings (SSSR count). The van der Waals surface area contributed by atoms with Gasteiger partial charge in [0, 0.05) is 31.9 Å². The molecule has 8 heteroatoms. The zero-order valence-electron chi connectivity index (χ0n) is 14.9. The lowest BCUT2D eigenvalue weighted by molar-refractivity contribution is 0.385. The number of hydrogen-bond acceptors (Lipinski definition) is 5. The molecule has 0 atom stereocenters. The number of rotatable bonds is 3. The minimum absolute atomic E-state index is 0.0790. The predicted molar refractivity (Wildman–Crippen MR) is 103 cm³/mol. The monoisotopic (exact) mass is 381 g/mol. The van der Waals surface area contributed by atoms with Crippen LogP contribution in [0.15, 0.2) is 47.4 Å². The van der Waals surface area contributed by atoms with E-state index in [0.29, 0.717) is 26.2 Å². The smallest absolute Gasteiger partial charge is 0.244 e. The number of H-pyrrole nitrogens is 1. The van der Waals surface area contributed by atoms with Gasteiger partial charge in [-0.3, -0.25) is 0 Å². The fourth-order valence-corrected chi connectivity index (χ4v) is 5.00. The molecule has 1 aliphatic rings. The topological polar surface area (TPSA) is 93.1 Å². The first-order valence-electron chi connectivity index (χ1n) is 8.69. The Kier molecular flexibility index (Phi) is 4.34. The van der Waals surface area contributed by atoms with E-state index in [0.717, 1.165) is 22.5 Å². The number of benzene rings is 2. The SMILES string of the molecule is Cc1nc2ccc(N3CCN(S(=O)(=O)c4ccccc4C#N)CC3)cc2[nH]1. The highest BCUT2D eigenvalue weighted by Crippen LogP contribution is 2.25. The van der Waals surface area contributed by atoms with Crippen molar-refractivity contribution in [2.45, 2.75) is 11.8 Å². The van der Waals surface area contributed by atoms with Crippen molar-refractivity contribution in [2.75, 3.05) is 31.1 Å². The Morgan fingerprint density at radius 2 is 1.85 bits per heavy atom. The zero-order chi connectivity index (χ0) is 19.0. The molecule has 1 aliphatic heterocycles. The van der Waals surface area contributed by atoms with Crippen molar-refractivity contribution < 1.29 is 8.42 Å². The predicted octanol–water partition coefficient (Wildman–Crippen LogP) is 2.25. The van der Waals surface area contributed by atoms with Gasteiger partial charge in [0.25, 0.3) is 0 Å². The van der Waals surface area contributed by atoms with Crippen molar-refractivity contribution in [3.05, 3.63) is 53.9 Å². The number of nitrogens with zero attached hydrogens (tertiary/aromatic N) is 4. The van der Waals surface area contributed by atoms with Gasteiger partial charge in [-0.15, -0.1) is 0 Å². The van der Waals surface area contributed by atoms with Crippen LogP contribution in [-0.2, 0) is 10.0 Å². The zero-order valence-corrected chi connectivity index (χ0v) is 15.7. The fraction of sp³-hybridized carbons (Fsp3) is 0.263. The van der Waals surface area contributed by atoms with E-state index in [9.17, 15) is 13.7 Å². The highest BCUT2D eigenvalue weighted by atomic mass is 32.2. The van der Waals surface area contributed by atoms with Gasteiger partial charge < -0.3 is 9.88 Å². The van der Waals surface area contributed by atoms with Gasteiger partial charge in [-0.1, -0.05) is 12.1 Å². The molecule has 1 saturated heterocycles. The highest BCUT2D eigenvalue weighted by molar-refractivity contribution is 7.89. The van der Waals surface area contributed by atoms with Gasteiger partial charge in [0.15, 0.2) is 0 Å². The van der Waals surface area contributed by atoms with Crippen LogP contribution < -0.4 is 4.90 Å². The molecule has 0 aliphatic carbocycles. The molecular formula is C19H19N5O2S. The summed E-state index contributed by atoms with van der Waals surface area (Å²) < 4.78 is 27.3. The van der Waals surface area contributed by atoms with Crippen LogP contribution in [0.1, 0.15) is 11.4 Å². The second-order valence-corrected chi connectivity index (χ2v) is 8.43. The van der Waals surface area contributed by atoms with Gasteiger partial charge in [-0.2, -0.15) is 9.57 Å². The molecular weight excluding hydrogens is 362 g/mol. The maximum absolute atomic E-state index is 12.9. The second-order valence-electron chi connectivity index (χ2n) is 6.52. The summed E-state index contributed by atoms with van der Waals surface area (Å²) in [5.41, 5.74) is 3.12. The number of imidazole rings is 1. The van der Waals surface area contributed by atoms with Gasteiger partial charge >= 0.3 is 0 Å². The van der Waals surface area contributed by atoms with Crippen LogP contribution in [0.25, 0.3) is 11.0 Å². The van der Waals surface area contributed by atoms with Gasteiger partial charge in [0.05, 0.1) is 21.5 Å². The van der Waals surface area contributed by atoms with Crippen molar-refractivity contribution >= 4 is 26.7 Å². The molecule has 0 saturated carbocycles. The third-order valence-electron chi connectivity index (χ3n) is 4.81. The minimum Gasteiger partial charge on any atom is -0.369 e. The third kappa shape index (κ3) is 3.16. The van der Waals surface area contributed by atoms with Gasteiger partial charge in [0.2, 0.25) is 10.0 Å². The normalized spacial score (nSPS) is 15.8. The maximum Gasteiger partial charge on any atom is 0.244 e. The first-order valence-corrected chi connectivity index (χ1v) is 10.1. The number of nitrogens with one attached hydrogen (secondary N) is 1. The van der Waals surface area contributed by atoms with E-state index in [1.165, 1.54) is 16.4 Å². The van der Waals surface area contributed by atoms with E-state index in [-0.39, 0.29) is 10.5 Å². The molecule has 1 fully saturated rings. The van der Waals surface area contributed by atoms with E-state index >= 15 is 0 Å². The molecule has 0 spiro atoms. The highest BCUT2D eigenvalue weighted by Gasteiger charge is 2.30. The van der Waals surface area contributed by atoms with Crippen molar-refractivity contribution in [2.24, 2.45) is 0 Å². The van der Waals surface area contributed by atoms with Gasteiger partial charge in [0.1, 0.15) is 11.9 Å². The summed E-state index contributed by atoms with van der Waals surface area (Å²) in [5, 5.41) is 9.21. The van der Waals surface area contributed by atoms with Crippen molar-refractivity contribution in [1.29, 1.82) is 5.26 Å². The summed E-state index contributed by atoms with van der Waals surface area (Å²) in [6.07, 6.45) is 0. The Labute approximate surface area is 157 Å². The van der Waals surface area contributed by atoms with Crippen molar-refractivity contribution in [3.8, 4) is 6.07 Å². The summed E-state index contributed by atoms with van der Waals surface area (Å²) in [5.74, 6) is 0.870. The Bertz CT molecular complexity index is 1140. The Morgan fingerprint density at radius 3 is 2.59 bits per heavy atom. The molecule has 7 nitrogen and oxygen atoms in total. The van der Waals surface area contributed by atoms with Crippen LogP contribution in [0.3, 0.4) is 0 Å². The maximum atomic E-state index is 12.9. The molecule has 0 unspecified atom stereocenters. The van der Waals surface area contributed by atoms with E-state index in [1.54, 1.807) is 12.1 Å². The second kappa shape index (κ2) is 6.68. The van der Waals surface area contributed by atoms with E-state index in [2.05, 4.69) is 14.9 Å². The quantitative estimate of drug-likeness (QED) is 0.751. The molecule has 3 aromatic rings. The van der Waals surface area contributed by atoms with E-state index in [4.69, 9.17) is 0 Å². The summed E-state index contributed by atoms with van der Waals surface area (Å²) >= 11 is 0. The Morgan fingerprint density at radius 1 is 1.11 bits per heavy atom. The van der Waals surface area contributed by atoms with E-state index in [1.807, 2.05) is 31.2 Å². The number of hydrogen-bond donors (Lipinski definition) is 1. The number of aromatic amines is 1. The first-order chi connectivity index (χ1) is 13.0. The molecule has 0 radical (unpaired) electrons. The molecule has 27 heavy (non-hydrogen) atoms. The molecule has 2 heterocycles. The standard InChI is InChI=1S/C19H19N5O2S/c1-14-21-17-7-6-16(12-18(17)22-14)23-8-10-24(11-9-23)27(25,26)19-5-3-2-4-15(19)13-20/h2-7,12H,8-11H2,1H3,(H,21,22). The summed E-state index contributed by atoms with van der Waals surface area (Å²) in [6.45, 7) is 3.85. The molecule has 2 aromatic carbocycles. The van der Waals surface area contributed by atoms with Crippen LogP contribution in [0.2, 0.25) is 0 Å². The lowest BCUT2D eigenvalue weighted by Crippen LogP contribution is -2.48. The van der Waals surface area contributed by atoms with Crippen molar-refractivity contribution in [3.63, 3.8) is 0 Å². The minimum atomic E-state index is -3.67. The number of aromatic nitrogens is 2. The average Bonchev–Trinajstić information content (AvgIpc) is 3.07. The van der Waals surface area contributed by atoms with Crippen molar-refractivity contribution in [1.82, 2.24) is 14.3 Å². The first kappa shape index (κ1) is 17.5. The van der Waals surface area contributed by atoms with E-state index < -0.39 is 10.0 Å². The number of sulfonamides is 1. The molecule has 138 valence electrons. The molecule has 0 bridgehead atoms. The molecule has 0 amide bonds. The van der Waals surface area contributed by atoms with Crippen LogP contribution in [-0.4, -0.2) is 48.9 Å². The number of aryl methyl sites for hydroxylation is 1. The van der Waals surface area contributed by atoms with Gasteiger partial charge in [-0.05, 0) is 37.3 Å². The summed E-state index contributed by atoms with van der Waals surface area (Å²) in [4.78, 5) is 9.88. The third-order valence-corrected chi connectivity index (χ3v) is 6.77. The lowest BCUT2D eigenvalue weighted by atomic mass is 10.2. The largest absolute Gasteiger partial charge is 0.369 e. The van der Waals surface area contributed by atoms with Crippen LogP contribution >= 0.6 is 0 Å². The summed E-state index contributed by atoms with van der Waals surface area (Å²) in [6, 6.07) is 14.3. The Hall–Kier alpha value is -2.89. The van der Waals surface area contributed by atoms with Crippen LogP contribution in [0.4, 0.5) is 5.69 Å². The Balaban J connectivity index is 1.53. The van der Waals surface area contributed by atoms with Crippen LogP contribution in [0, 0.1) is 18.3 Å². The number of nitriles is 1. The summed E-state index contributed by atoms with van der Waals surface area (Å²) in [7, 11) is -3.67.